The number of carbonyl (C=O) groups excluding carboxylic acids is 3. The number of aromatic nitrogens is 3. The van der Waals surface area contributed by atoms with Crippen LogP contribution in [0.25, 0.3) is 0 Å². The molecule has 1 aliphatic heterocycles. The summed E-state index contributed by atoms with van der Waals surface area (Å²) >= 11 is 0. The van der Waals surface area contributed by atoms with Crippen LogP contribution >= 0.6 is 0 Å². The smallest absolute Gasteiger partial charge is 0.251 e. The normalized spacial score (nSPS) is 21.3. The van der Waals surface area contributed by atoms with Crippen molar-refractivity contribution in [1.82, 2.24) is 36.0 Å². The average molecular weight is 623 g/mol. The fourth-order valence-corrected chi connectivity index (χ4v) is 7.51. The summed E-state index contributed by atoms with van der Waals surface area (Å²) < 4.78 is 0. The molecule has 1 saturated carbocycles. The fraction of sp³-hybridized carbons (Fsp3) is 0.486. The van der Waals surface area contributed by atoms with Gasteiger partial charge in [-0.15, -0.1) is 0 Å². The van der Waals surface area contributed by atoms with Crippen molar-refractivity contribution in [3.63, 3.8) is 0 Å². The van der Waals surface area contributed by atoms with Gasteiger partial charge in [0, 0.05) is 43.2 Å². The minimum absolute atomic E-state index is 0.0513. The molecular formula is C35H42N8O3. The summed E-state index contributed by atoms with van der Waals surface area (Å²) in [6.07, 6.45) is 3.55. The lowest BCUT2D eigenvalue weighted by atomic mass is 9.67. The lowest BCUT2D eigenvalue weighted by Gasteiger charge is -2.37. The molecule has 46 heavy (non-hydrogen) atoms. The SMILES string of the molecule is CNC(=O)c1ccc2c(c1)CCc1cc(C(=O)NC)ccc1C2(C[C@@H](C)NCC(=O)N1C(C#N)C[C@@H]2C[C@@H]21)c1n[nH]c(C(C)C)n1. The zero-order valence-electron chi connectivity index (χ0n) is 27.1. The number of carbonyl (C=O) groups is 3. The molecule has 1 unspecified atom stereocenters. The van der Waals surface area contributed by atoms with Gasteiger partial charge in [-0.25, -0.2) is 4.98 Å². The van der Waals surface area contributed by atoms with Gasteiger partial charge in [0.05, 0.1) is 18.0 Å². The summed E-state index contributed by atoms with van der Waals surface area (Å²) in [5.74, 6) is 1.55. The van der Waals surface area contributed by atoms with Gasteiger partial charge in [0.2, 0.25) is 5.91 Å². The molecule has 240 valence electrons. The maximum absolute atomic E-state index is 13.4. The van der Waals surface area contributed by atoms with Gasteiger partial charge in [0.25, 0.3) is 11.8 Å². The van der Waals surface area contributed by atoms with Gasteiger partial charge in [-0.05, 0) is 91.5 Å². The van der Waals surface area contributed by atoms with Gasteiger partial charge in [0.1, 0.15) is 11.9 Å². The van der Waals surface area contributed by atoms with Crippen molar-refractivity contribution in [2.75, 3.05) is 20.6 Å². The first-order chi connectivity index (χ1) is 22.1. The van der Waals surface area contributed by atoms with Gasteiger partial charge in [-0.3, -0.25) is 19.5 Å². The molecular weight excluding hydrogens is 580 g/mol. The van der Waals surface area contributed by atoms with E-state index in [4.69, 9.17) is 10.1 Å². The third-order valence-corrected chi connectivity index (χ3v) is 9.96. The van der Waals surface area contributed by atoms with E-state index in [0.717, 1.165) is 40.9 Å². The Morgan fingerprint density at radius 2 is 1.61 bits per heavy atom. The molecule has 2 aromatic carbocycles. The predicted molar refractivity (Wildman–Crippen MR) is 172 cm³/mol. The highest BCUT2D eigenvalue weighted by Gasteiger charge is 2.54. The van der Waals surface area contributed by atoms with Crippen molar-refractivity contribution in [3.05, 3.63) is 81.4 Å². The Hall–Kier alpha value is -4.56. The Morgan fingerprint density at radius 3 is 2.13 bits per heavy atom. The second kappa shape index (κ2) is 12.3. The maximum atomic E-state index is 13.4. The summed E-state index contributed by atoms with van der Waals surface area (Å²) in [6.45, 7) is 6.29. The number of piperidine rings is 1. The molecule has 0 radical (unpaired) electrons. The Balaban J connectivity index is 1.45. The third kappa shape index (κ3) is 5.45. The van der Waals surface area contributed by atoms with Crippen LogP contribution in [0.15, 0.2) is 36.4 Å². The second-order valence-electron chi connectivity index (χ2n) is 13.2. The molecule has 0 bridgehead atoms. The Labute approximate surface area is 269 Å². The summed E-state index contributed by atoms with van der Waals surface area (Å²) in [5, 5.41) is 26.6. The van der Waals surface area contributed by atoms with Crippen LogP contribution in [0.5, 0.6) is 0 Å². The van der Waals surface area contributed by atoms with Crippen LogP contribution in [-0.4, -0.2) is 76.6 Å². The number of H-pyrrole nitrogens is 1. The van der Waals surface area contributed by atoms with Crippen LogP contribution in [0.2, 0.25) is 0 Å². The maximum Gasteiger partial charge on any atom is 0.251 e. The van der Waals surface area contributed by atoms with E-state index in [9.17, 15) is 19.6 Å². The third-order valence-electron chi connectivity index (χ3n) is 9.96. The Kier molecular flexibility index (Phi) is 8.42. The number of rotatable bonds is 9. The van der Waals surface area contributed by atoms with E-state index in [1.807, 2.05) is 36.4 Å². The Bertz CT molecular complexity index is 1650. The van der Waals surface area contributed by atoms with Crippen molar-refractivity contribution in [2.45, 2.75) is 82.3 Å². The summed E-state index contributed by atoms with van der Waals surface area (Å²) in [5.41, 5.74) is 4.26. The molecule has 1 aromatic heterocycles. The number of likely N-dealkylation sites (tertiary alicyclic amines) is 1. The van der Waals surface area contributed by atoms with Crippen molar-refractivity contribution >= 4 is 17.7 Å². The minimum atomic E-state index is -0.868. The van der Waals surface area contributed by atoms with Gasteiger partial charge < -0.3 is 20.9 Å². The number of fused-ring (bicyclic) bond motifs is 3. The molecule has 2 heterocycles. The van der Waals surface area contributed by atoms with E-state index in [0.29, 0.717) is 42.1 Å². The van der Waals surface area contributed by atoms with Crippen molar-refractivity contribution in [1.29, 1.82) is 5.26 Å². The van der Waals surface area contributed by atoms with E-state index in [-0.39, 0.29) is 48.3 Å². The topological polar surface area (TPSA) is 156 Å². The van der Waals surface area contributed by atoms with E-state index in [1.165, 1.54) is 0 Å². The lowest BCUT2D eigenvalue weighted by Crippen LogP contribution is -2.46. The van der Waals surface area contributed by atoms with Crippen LogP contribution < -0.4 is 16.0 Å². The van der Waals surface area contributed by atoms with Crippen LogP contribution in [0.3, 0.4) is 0 Å². The molecule has 3 amide bonds. The van der Waals surface area contributed by atoms with Crippen LogP contribution in [0.4, 0.5) is 0 Å². The van der Waals surface area contributed by atoms with E-state index < -0.39 is 5.41 Å². The minimum Gasteiger partial charge on any atom is -0.355 e. The van der Waals surface area contributed by atoms with Crippen molar-refractivity contribution in [3.8, 4) is 6.07 Å². The molecule has 4 atom stereocenters. The van der Waals surface area contributed by atoms with Crippen LogP contribution in [0, 0.1) is 17.2 Å². The average Bonchev–Trinajstić information content (AvgIpc) is 3.49. The molecule has 2 aliphatic carbocycles. The quantitative estimate of drug-likeness (QED) is 0.286. The zero-order chi connectivity index (χ0) is 32.7. The standard InChI is InChI=1S/C35H42N8O3/c1-19(2)31-40-34(42-41-31)35(16-20(3)39-18-30(44)43-26(17-36)14-25-15-29(25)43)27-10-8-23(32(45)37-4)12-21(27)6-7-22-13-24(33(46)38-5)9-11-28(22)35/h8-13,19-20,25-26,29,39H,6-7,14-16,18H2,1-5H3,(H,37,45)(H,38,46)(H,40,41,42)/t20-,25-,26?,29+/m1/s1. The van der Waals surface area contributed by atoms with Gasteiger partial charge in [0.15, 0.2) is 5.82 Å². The number of aryl methyl sites for hydroxylation is 2. The van der Waals surface area contributed by atoms with Crippen LogP contribution in [0.1, 0.15) is 101 Å². The molecule has 0 spiro atoms. The first-order valence-corrected chi connectivity index (χ1v) is 16.2. The van der Waals surface area contributed by atoms with E-state index in [1.54, 1.807) is 19.0 Å². The van der Waals surface area contributed by atoms with Gasteiger partial charge >= 0.3 is 0 Å². The number of amides is 3. The predicted octanol–water partition coefficient (Wildman–Crippen LogP) is 2.96. The van der Waals surface area contributed by atoms with Gasteiger partial charge in [-0.2, -0.15) is 10.4 Å². The summed E-state index contributed by atoms with van der Waals surface area (Å²) in [6, 6.07) is 13.6. The number of benzene rings is 2. The lowest BCUT2D eigenvalue weighted by molar-refractivity contribution is -0.131. The fourth-order valence-electron chi connectivity index (χ4n) is 7.51. The molecule has 2 fully saturated rings. The van der Waals surface area contributed by atoms with Crippen molar-refractivity contribution in [2.24, 2.45) is 5.92 Å². The first-order valence-electron chi connectivity index (χ1n) is 16.2. The van der Waals surface area contributed by atoms with E-state index >= 15 is 0 Å². The number of hydrogen-bond donors (Lipinski definition) is 4. The Morgan fingerprint density at radius 1 is 1.00 bits per heavy atom. The highest BCUT2D eigenvalue weighted by atomic mass is 16.2. The highest BCUT2D eigenvalue weighted by Crippen LogP contribution is 2.48. The number of nitrogens with zero attached hydrogens (tertiary/aromatic N) is 4. The summed E-state index contributed by atoms with van der Waals surface area (Å²) in [7, 11) is 3.24. The van der Waals surface area contributed by atoms with Gasteiger partial charge in [-0.1, -0.05) is 26.0 Å². The first kappa shape index (κ1) is 31.4. The monoisotopic (exact) mass is 622 g/mol. The summed E-state index contributed by atoms with van der Waals surface area (Å²) in [4.78, 5) is 45.7. The molecule has 6 rings (SSSR count). The number of aromatic amines is 1. The van der Waals surface area contributed by atoms with Crippen molar-refractivity contribution < 1.29 is 14.4 Å². The number of hydrogen-bond acceptors (Lipinski definition) is 7. The number of nitrogens with one attached hydrogen (secondary N) is 4. The molecule has 3 aliphatic rings. The number of nitriles is 1. The molecule has 11 heteroatoms. The van der Waals surface area contributed by atoms with Crippen LogP contribution in [-0.2, 0) is 23.1 Å². The molecule has 4 N–H and O–H groups in total. The zero-order valence-corrected chi connectivity index (χ0v) is 27.1. The molecule has 3 aromatic rings. The highest BCUT2D eigenvalue weighted by molar-refractivity contribution is 5.95. The second-order valence-corrected chi connectivity index (χ2v) is 13.2. The largest absolute Gasteiger partial charge is 0.355 e. The van der Waals surface area contributed by atoms with E-state index in [2.05, 4.69) is 47.9 Å². The molecule has 1 saturated heterocycles. The molecule has 11 nitrogen and oxygen atoms in total.